The SMILES string of the molecule is CNC(=O)Cn1nnc(CO)c1/C=C/c1ccc(Cl)cc1. The summed E-state index contributed by atoms with van der Waals surface area (Å²) in [5, 5.41) is 20.2. The Morgan fingerprint density at radius 1 is 1.38 bits per heavy atom. The van der Waals surface area contributed by atoms with E-state index in [4.69, 9.17) is 11.6 Å². The molecule has 1 heterocycles. The number of nitrogens with one attached hydrogen (secondary N) is 1. The van der Waals surface area contributed by atoms with Crippen molar-refractivity contribution in [2.24, 2.45) is 0 Å². The number of likely N-dealkylation sites (N-methyl/N-ethyl adjacent to an activating group) is 1. The fourth-order valence-corrected chi connectivity index (χ4v) is 1.86. The van der Waals surface area contributed by atoms with Crippen molar-refractivity contribution in [1.82, 2.24) is 20.3 Å². The predicted octanol–water partition coefficient (Wildman–Crippen LogP) is 1.34. The van der Waals surface area contributed by atoms with E-state index in [0.29, 0.717) is 16.4 Å². The quantitative estimate of drug-likeness (QED) is 0.873. The zero-order valence-corrected chi connectivity index (χ0v) is 12.2. The van der Waals surface area contributed by atoms with Crippen LogP contribution in [0.3, 0.4) is 0 Å². The van der Waals surface area contributed by atoms with Crippen molar-refractivity contribution >= 4 is 29.7 Å². The molecule has 0 saturated carbocycles. The minimum absolute atomic E-state index is 0.0454. The first-order chi connectivity index (χ1) is 10.1. The maximum Gasteiger partial charge on any atom is 0.241 e. The van der Waals surface area contributed by atoms with Gasteiger partial charge >= 0.3 is 0 Å². The maximum atomic E-state index is 11.4. The highest BCUT2D eigenvalue weighted by molar-refractivity contribution is 6.30. The van der Waals surface area contributed by atoms with Gasteiger partial charge in [0.15, 0.2) is 0 Å². The van der Waals surface area contributed by atoms with Crippen LogP contribution in [0.2, 0.25) is 5.02 Å². The Morgan fingerprint density at radius 2 is 2.10 bits per heavy atom. The molecule has 6 nitrogen and oxygen atoms in total. The molecule has 0 aliphatic rings. The second-order valence-electron chi connectivity index (χ2n) is 4.30. The van der Waals surface area contributed by atoms with Crippen LogP contribution in [0.5, 0.6) is 0 Å². The highest BCUT2D eigenvalue weighted by Crippen LogP contribution is 2.14. The molecule has 2 aromatic rings. The van der Waals surface area contributed by atoms with Crippen LogP contribution in [0.1, 0.15) is 17.0 Å². The fraction of sp³-hybridized carbons (Fsp3) is 0.214. The Bertz CT molecular complexity index is 649. The first-order valence-corrected chi connectivity index (χ1v) is 6.69. The first-order valence-electron chi connectivity index (χ1n) is 6.31. The zero-order valence-electron chi connectivity index (χ0n) is 11.5. The Morgan fingerprint density at radius 3 is 2.71 bits per heavy atom. The van der Waals surface area contributed by atoms with E-state index in [-0.39, 0.29) is 19.1 Å². The summed E-state index contributed by atoms with van der Waals surface area (Å²) < 4.78 is 1.44. The molecule has 0 saturated heterocycles. The summed E-state index contributed by atoms with van der Waals surface area (Å²) in [6.45, 7) is -0.197. The number of halogens is 1. The molecule has 0 radical (unpaired) electrons. The number of aliphatic hydroxyl groups is 1. The van der Waals surface area contributed by atoms with E-state index in [1.807, 2.05) is 18.2 Å². The molecule has 0 aliphatic carbocycles. The van der Waals surface area contributed by atoms with Gasteiger partial charge in [0.05, 0.1) is 12.3 Å². The third-order valence-corrected chi connectivity index (χ3v) is 3.12. The summed E-state index contributed by atoms with van der Waals surface area (Å²) >= 11 is 5.83. The minimum Gasteiger partial charge on any atom is -0.390 e. The number of rotatable bonds is 5. The Kier molecular flexibility index (Phi) is 5.08. The minimum atomic E-state index is -0.242. The summed E-state index contributed by atoms with van der Waals surface area (Å²) in [4.78, 5) is 11.4. The second kappa shape index (κ2) is 7.01. The van der Waals surface area contributed by atoms with Crippen molar-refractivity contribution in [3.63, 3.8) is 0 Å². The molecule has 7 heteroatoms. The van der Waals surface area contributed by atoms with E-state index < -0.39 is 0 Å². The molecule has 0 atom stereocenters. The highest BCUT2D eigenvalue weighted by atomic mass is 35.5. The molecule has 0 spiro atoms. The van der Waals surface area contributed by atoms with Crippen LogP contribution in [0, 0.1) is 0 Å². The fourth-order valence-electron chi connectivity index (χ4n) is 1.73. The Labute approximate surface area is 127 Å². The normalized spacial score (nSPS) is 11.0. The number of aliphatic hydroxyl groups excluding tert-OH is 1. The molecule has 2 N–H and O–H groups in total. The van der Waals surface area contributed by atoms with Crippen molar-refractivity contribution in [1.29, 1.82) is 0 Å². The summed E-state index contributed by atoms with van der Waals surface area (Å²) in [6, 6.07) is 7.30. The summed E-state index contributed by atoms with van der Waals surface area (Å²) in [5.74, 6) is -0.189. The van der Waals surface area contributed by atoms with Crippen LogP contribution >= 0.6 is 11.6 Å². The summed E-state index contributed by atoms with van der Waals surface area (Å²) in [5.41, 5.74) is 1.95. The molecular weight excluding hydrogens is 292 g/mol. The van der Waals surface area contributed by atoms with Crippen LogP contribution in [-0.4, -0.2) is 33.1 Å². The van der Waals surface area contributed by atoms with Crippen LogP contribution in [0.25, 0.3) is 12.2 Å². The third-order valence-electron chi connectivity index (χ3n) is 2.87. The molecule has 0 bridgehead atoms. The Hall–Kier alpha value is -2.18. The van der Waals surface area contributed by atoms with Crippen LogP contribution in [-0.2, 0) is 17.9 Å². The van der Waals surface area contributed by atoms with Gasteiger partial charge in [-0.1, -0.05) is 35.0 Å². The van der Waals surface area contributed by atoms with Gasteiger partial charge in [-0.05, 0) is 23.8 Å². The largest absolute Gasteiger partial charge is 0.390 e. The van der Waals surface area contributed by atoms with E-state index in [1.54, 1.807) is 25.3 Å². The molecular formula is C14H15ClN4O2. The van der Waals surface area contributed by atoms with Crippen molar-refractivity contribution in [3.8, 4) is 0 Å². The molecule has 2 rings (SSSR count). The lowest BCUT2D eigenvalue weighted by molar-refractivity contribution is -0.121. The molecule has 0 aliphatic heterocycles. The molecule has 1 amide bonds. The summed E-state index contributed by atoms with van der Waals surface area (Å²) in [6.07, 6.45) is 3.60. The van der Waals surface area contributed by atoms with E-state index in [2.05, 4.69) is 15.6 Å². The molecule has 1 aromatic heterocycles. The monoisotopic (exact) mass is 306 g/mol. The van der Waals surface area contributed by atoms with Crippen LogP contribution in [0.15, 0.2) is 24.3 Å². The number of benzene rings is 1. The van der Waals surface area contributed by atoms with Gasteiger partial charge in [-0.15, -0.1) is 5.10 Å². The molecule has 0 fully saturated rings. The van der Waals surface area contributed by atoms with Gasteiger partial charge in [-0.2, -0.15) is 0 Å². The van der Waals surface area contributed by atoms with Gasteiger partial charge in [0.25, 0.3) is 0 Å². The standard InChI is InChI=1S/C14H15ClN4O2/c1-16-14(21)8-19-13(12(9-20)17-18-19)7-4-10-2-5-11(15)6-3-10/h2-7,20H,8-9H2,1H3,(H,16,21)/b7-4+. The molecule has 110 valence electrons. The van der Waals surface area contributed by atoms with Crippen molar-refractivity contribution in [2.45, 2.75) is 13.2 Å². The molecule has 21 heavy (non-hydrogen) atoms. The smallest absolute Gasteiger partial charge is 0.241 e. The lowest BCUT2D eigenvalue weighted by Crippen LogP contribution is -2.24. The van der Waals surface area contributed by atoms with Crippen molar-refractivity contribution < 1.29 is 9.90 Å². The number of amides is 1. The lowest BCUT2D eigenvalue weighted by Gasteiger charge is -2.03. The topological polar surface area (TPSA) is 80.0 Å². The van der Waals surface area contributed by atoms with Crippen molar-refractivity contribution in [3.05, 3.63) is 46.2 Å². The average molecular weight is 307 g/mol. The van der Waals surface area contributed by atoms with E-state index in [9.17, 15) is 9.90 Å². The van der Waals surface area contributed by atoms with Crippen LogP contribution < -0.4 is 5.32 Å². The van der Waals surface area contributed by atoms with E-state index in [0.717, 1.165) is 5.56 Å². The highest BCUT2D eigenvalue weighted by Gasteiger charge is 2.11. The number of hydrogen-bond donors (Lipinski definition) is 2. The third kappa shape index (κ3) is 3.90. The van der Waals surface area contributed by atoms with Crippen molar-refractivity contribution in [2.75, 3.05) is 7.05 Å². The molecule has 0 unspecified atom stereocenters. The predicted molar refractivity (Wildman–Crippen MR) is 80.4 cm³/mol. The van der Waals surface area contributed by atoms with Gasteiger partial charge in [0, 0.05) is 12.1 Å². The zero-order chi connectivity index (χ0) is 15.2. The molecule has 1 aromatic carbocycles. The number of nitrogens with zero attached hydrogens (tertiary/aromatic N) is 3. The average Bonchev–Trinajstić information content (AvgIpc) is 2.88. The number of carbonyl (C=O) groups is 1. The number of carbonyl (C=O) groups excluding carboxylic acids is 1. The van der Waals surface area contributed by atoms with E-state index in [1.165, 1.54) is 4.68 Å². The number of hydrogen-bond acceptors (Lipinski definition) is 4. The van der Waals surface area contributed by atoms with Gasteiger partial charge < -0.3 is 10.4 Å². The Balaban J connectivity index is 2.26. The van der Waals surface area contributed by atoms with Gasteiger partial charge in [-0.25, -0.2) is 4.68 Å². The second-order valence-corrected chi connectivity index (χ2v) is 4.73. The first kappa shape index (κ1) is 15.2. The van der Waals surface area contributed by atoms with E-state index >= 15 is 0 Å². The summed E-state index contributed by atoms with van der Waals surface area (Å²) in [7, 11) is 1.55. The number of aromatic nitrogens is 3. The maximum absolute atomic E-state index is 11.4. The van der Waals surface area contributed by atoms with Gasteiger partial charge in [0.2, 0.25) is 5.91 Å². The van der Waals surface area contributed by atoms with Gasteiger partial charge in [-0.3, -0.25) is 4.79 Å². The van der Waals surface area contributed by atoms with Gasteiger partial charge in [0.1, 0.15) is 12.2 Å². The lowest BCUT2D eigenvalue weighted by atomic mass is 10.2. The van der Waals surface area contributed by atoms with Crippen LogP contribution in [0.4, 0.5) is 0 Å².